The summed E-state index contributed by atoms with van der Waals surface area (Å²) in [5.74, 6) is 1.11. The fourth-order valence-electron chi connectivity index (χ4n) is 2.21. The summed E-state index contributed by atoms with van der Waals surface area (Å²) >= 11 is 12.0. The van der Waals surface area contributed by atoms with Crippen LogP contribution in [-0.4, -0.2) is 12.7 Å². The highest BCUT2D eigenvalue weighted by Crippen LogP contribution is 2.34. The molecule has 1 unspecified atom stereocenters. The van der Waals surface area contributed by atoms with Gasteiger partial charge in [-0.25, -0.2) is 0 Å². The number of fused-ring (bicyclic) bond motifs is 1. The molecule has 4 nitrogen and oxygen atoms in total. The zero-order chi connectivity index (χ0) is 15.7. The number of hydrogen-bond acceptors (Lipinski definition) is 3. The lowest BCUT2D eigenvalue weighted by atomic mass is 10.1. The van der Waals surface area contributed by atoms with Gasteiger partial charge in [-0.15, -0.1) is 0 Å². The zero-order valence-corrected chi connectivity index (χ0v) is 13.2. The first-order valence-corrected chi connectivity index (χ1v) is 7.45. The molecule has 0 bridgehead atoms. The van der Waals surface area contributed by atoms with Crippen molar-refractivity contribution >= 4 is 29.1 Å². The maximum Gasteiger partial charge on any atom is 0.253 e. The molecule has 1 heterocycles. The summed E-state index contributed by atoms with van der Waals surface area (Å²) in [6, 6.07) is 10.1. The monoisotopic (exact) mass is 337 g/mol. The fraction of sp³-hybridized carbons (Fsp3) is 0.188. The molecule has 0 radical (unpaired) electrons. The molecular weight excluding hydrogens is 325 g/mol. The van der Waals surface area contributed by atoms with Crippen LogP contribution in [0.2, 0.25) is 10.0 Å². The Bertz CT molecular complexity index is 733. The Morgan fingerprint density at radius 1 is 1.14 bits per heavy atom. The van der Waals surface area contributed by atoms with Gasteiger partial charge in [0, 0.05) is 5.02 Å². The summed E-state index contributed by atoms with van der Waals surface area (Å²) in [5, 5.41) is 3.72. The largest absolute Gasteiger partial charge is 0.454 e. The highest BCUT2D eigenvalue weighted by atomic mass is 35.5. The van der Waals surface area contributed by atoms with Crippen molar-refractivity contribution in [3.8, 4) is 11.5 Å². The number of halogens is 2. The molecule has 3 rings (SSSR count). The van der Waals surface area contributed by atoms with Crippen molar-refractivity contribution in [2.45, 2.75) is 13.0 Å². The Morgan fingerprint density at radius 2 is 1.91 bits per heavy atom. The summed E-state index contributed by atoms with van der Waals surface area (Å²) < 4.78 is 10.6. The lowest BCUT2D eigenvalue weighted by Crippen LogP contribution is -2.26. The Hall–Kier alpha value is -1.91. The lowest BCUT2D eigenvalue weighted by molar-refractivity contribution is 0.0940. The molecule has 1 amide bonds. The Balaban J connectivity index is 1.77. The maximum atomic E-state index is 12.3. The molecule has 1 aliphatic heterocycles. The molecule has 0 spiro atoms. The highest BCUT2D eigenvalue weighted by molar-refractivity contribution is 6.35. The van der Waals surface area contributed by atoms with E-state index in [1.807, 2.05) is 25.1 Å². The summed E-state index contributed by atoms with van der Waals surface area (Å²) in [4.78, 5) is 12.3. The van der Waals surface area contributed by atoms with Crippen LogP contribution in [0, 0.1) is 0 Å². The van der Waals surface area contributed by atoms with Crippen molar-refractivity contribution in [2.24, 2.45) is 0 Å². The van der Waals surface area contributed by atoms with Crippen molar-refractivity contribution in [2.75, 3.05) is 6.79 Å². The molecule has 0 aliphatic carbocycles. The molecule has 114 valence electrons. The van der Waals surface area contributed by atoms with Crippen molar-refractivity contribution in [1.82, 2.24) is 5.32 Å². The van der Waals surface area contributed by atoms with Gasteiger partial charge in [0.2, 0.25) is 6.79 Å². The quantitative estimate of drug-likeness (QED) is 0.912. The van der Waals surface area contributed by atoms with Gasteiger partial charge in [-0.05, 0) is 42.8 Å². The van der Waals surface area contributed by atoms with E-state index in [2.05, 4.69) is 5.32 Å². The van der Waals surface area contributed by atoms with Crippen LogP contribution >= 0.6 is 23.2 Å². The standard InChI is InChI=1S/C16H13Cl2NO3/c1-9(10-2-5-14-15(6-10)22-8-21-14)19-16(20)12-7-11(17)3-4-13(12)18/h2-7,9H,8H2,1H3,(H,19,20). The summed E-state index contributed by atoms with van der Waals surface area (Å²) in [6.45, 7) is 2.10. The molecule has 0 saturated carbocycles. The Labute approximate surface area is 137 Å². The van der Waals surface area contributed by atoms with Crippen molar-refractivity contribution in [1.29, 1.82) is 0 Å². The van der Waals surface area contributed by atoms with E-state index in [9.17, 15) is 4.79 Å². The molecular formula is C16H13Cl2NO3. The summed E-state index contributed by atoms with van der Waals surface area (Å²) in [6.07, 6.45) is 0. The fourth-order valence-corrected chi connectivity index (χ4v) is 2.59. The van der Waals surface area contributed by atoms with E-state index in [0.717, 1.165) is 5.56 Å². The van der Waals surface area contributed by atoms with Gasteiger partial charge in [0.25, 0.3) is 5.91 Å². The number of ether oxygens (including phenoxy) is 2. The molecule has 2 aromatic rings. The average molecular weight is 338 g/mol. The number of hydrogen-bond donors (Lipinski definition) is 1. The van der Waals surface area contributed by atoms with Gasteiger partial charge in [-0.2, -0.15) is 0 Å². The molecule has 1 N–H and O–H groups in total. The molecule has 22 heavy (non-hydrogen) atoms. The van der Waals surface area contributed by atoms with E-state index >= 15 is 0 Å². The van der Waals surface area contributed by atoms with Gasteiger partial charge in [-0.3, -0.25) is 4.79 Å². The smallest absolute Gasteiger partial charge is 0.253 e. The van der Waals surface area contributed by atoms with Gasteiger partial charge in [0.15, 0.2) is 11.5 Å². The summed E-state index contributed by atoms with van der Waals surface area (Å²) in [7, 11) is 0. The maximum absolute atomic E-state index is 12.3. The lowest BCUT2D eigenvalue weighted by Gasteiger charge is -2.15. The predicted molar refractivity (Wildman–Crippen MR) is 84.9 cm³/mol. The van der Waals surface area contributed by atoms with Gasteiger partial charge in [-0.1, -0.05) is 29.3 Å². The van der Waals surface area contributed by atoms with E-state index in [1.165, 1.54) is 0 Å². The van der Waals surface area contributed by atoms with Crippen LogP contribution in [0.3, 0.4) is 0 Å². The second-order valence-corrected chi connectivity index (χ2v) is 5.78. The topological polar surface area (TPSA) is 47.6 Å². The van der Waals surface area contributed by atoms with Gasteiger partial charge < -0.3 is 14.8 Å². The van der Waals surface area contributed by atoms with Crippen LogP contribution in [0.5, 0.6) is 11.5 Å². The number of benzene rings is 2. The predicted octanol–water partition coefficient (Wildman–Crippen LogP) is 4.21. The third kappa shape index (κ3) is 2.98. The van der Waals surface area contributed by atoms with E-state index < -0.39 is 0 Å². The normalized spacial score (nSPS) is 13.8. The highest BCUT2D eigenvalue weighted by Gasteiger charge is 2.18. The SMILES string of the molecule is CC(NC(=O)c1cc(Cl)ccc1Cl)c1ccc2c(c1)OCO2. The van der Waals surface area contributed by atoms with Crippen molar-refractivity contribution in [3.05, 3.63) is 57.6 Å². The number of amides is 1. The van der Waals surface area contributed by atoms with Crippen LogP contribution in [-0.2, 0) is 0 Å². The van der Waals surface area contributed by atoms with Crippen LogP contribution in [0.15, 0.2) is 36.4 Å². The second kappa shape index (κ2) is 6.07. The number of nitrogens with one attached hydrogen (secondary N) is 1. The second-order valence-electron chi connectivity index (χ2n) is 4.93. The molecule has 1 atom stereocenters. The Morgan fingerprint density at radius 3 is 2.73 bits per heavy atom. The molecule has 0 saturated heterocycles. The number of rotatable bonds is 3. The van der Waals surface area contributed by atoms with Crippen molar-refractivity contribution in [3.63, 3.8) is 0 Å². The molecule has 1 aliphatic rings. The first-order valence-electron chi connectivity index (χ1n) is 6.70. The minimum Gasteiger partial charge on any atom is -0.454 e. The van der Waals surface area contributed by atoms with Crippen LogP contribution in [0.25, 0.3) is 0 Å². The molecule has 6 heteroatoms. The van der Waals surface area contributed by atoms with E-state index in [1.54, 1.807) is 18.2 Å². The number of carbonyl (C=O) groups is 1. The van der Waals surface area contributed by atoms with Gasteiger partial charge >= 0.3 is 0 Å². The summed E-state index contributed by atoms with van der Waals surface area (Å²) in [5.41, 5.74) is 1.26. The number of carbonyl (C=O) groups excluding carboxylic acids is 1. The van der Waals surface area contributed by atoms with Crippen LogP contribution < -0.4 is 14.8 Å². The molecule has 0 aromatic heterocycles. The minimum absolute atomic E-state index is 0.211. The van der Waals surface area contributed by atoms with Crippen LogP contribution in [0.4, 0.5) is 0 Å². The first kappa shape index (κ1) is 15.0. The first-order chi connectivity index (χ1) is 10.5. The molecule has 0 fully saturated rings. The minimum atomic E-state index is -0.280. The van der Waals surface area contributed by atoms with E-state index in [4.69, 9.17) is 32.7 Å². The average Bonchev–Trinajstić information content (AvgIpc) is 2.97. The van der Waals surface area contributed by atoms with E-state index in [0.29, 0.717) is 27.1 Å². The van der Waals surface area contributed by atoms with Crippen LogP contribution in [0.1, 0.15) is 28.9 Å². The third-order valence-corrected chi connectivity index (χ3v) is 3.98. The zero-order valence-electron chi connectivity index (χ0n) is 11.7. The Kier molecular flexibility index (Phi) is 4.14. The van der Waals surface area contributed by atoms with Gasteiger partial charge in [0.1, 0.15) is 0 Å². The van der Waals surface area contributed by atoms with Gasteiger partial charge in [0.05, 0.1) is 16.6 Å². The third-order valence-electron chi connectivity index (χ3n) is 3.42. The van der Waals surface area contributed by atoms with Crippen molar-refractivity contribution < 1.29 is 14.3 Å². The molecule has 2 aromatic carbocycles. The van der Waals surface area contributed by atoms with E-state index in [-0.39, 0.29) is 18.7 Å².